The Balaban J connectivity index is 2.42. The molecule has 5 heteroatoms. The van der Waals surface area contributed by atoms with Gasteiger partial charge in [0.15, 0.2) is 11.7 Å². The van der Waals surface area contributed by atoms with Crippen molar-refractivity contribution in [2.75, 3.05) is 18.1 Å². The molecule has 0 aromatic heterocycles. The molecule has 1 aromatic rings. The maximum atomic E-state index is 12.5. The fraction of sp³-hybridized carbons (Fsp3) is 0.438. The third-order valence-electron chi connectivity index (χ3n) is 3.49. The van der Waals surface area contributed by atoms with Gasteiger partial charge in [0.1, 0.15) is 0 Å². The summed E-state index contributed by atoms with van der Waals surface area (Å²) in [6.45, 7) is 4.31. The van der Waals surface area contributed by atoms with E-state index in [-0.39, 0.29) is 6.61 Å². The topological polar surface area (TPSA) is 63.7 Å². The lowest BCUT2D eigenvalue weighted by atomic mass is 9.90. The van der Waals surface area contributed by atoms with E-state index < -0.39 is 23.6 Å². The molecule has 0 bridgehead atoms. The van der Waals surface area contributed by atoms with Crippen LogP contribution in [-0.4, -0.2) is 30.8 Å². The number of unbranched alkanes of at least 4 members (excludes halogenated alkanes) is 1. The average Bonchev–Trinajstić information content (AvgIpc) is 2.47. The highest BCUT2D eigenvalue weighted by Gasteiger charge is 2.44. The SMILES string of the molecule is CCCCN1C(=O)C(C(=O)OCC)C(=O)c2ccccc21. The van der Waals surface area contributed by atoms with Gasteiger partial charge in [-0.15, -0.1) is 0 Å². The maximum absolute atomic E-state index is 12.5. The number of nitrogens with zero attached hydrogens (tertiary/aromatic N) is 1. The van der Waals surface area contributed by atoms with E-state index in [2.05, 4.69) is 0 Å². The highest BCUT2D eigenvalue weighted by Crippen LogP contribution is 2.31. The zero-order valence-corrected chi connectivity index (χ0v) is 12.3. The summed E-state index contributed by atoms with van der Waals surface area (Å²) in [6, 6.07) is 6.90. The van der Waals surface area contributed by atoms with Crippen LogP contribution in [-0.2, 0) is 14.3 Å². The van der Waals surface area contributed by atoms with Crippen molar-refractivity contribution in [3.05, 3.63) is 29.8 Å². The smallest absolute Gasteiger partial charge is 0.326 e. The van der Waals surface area contributed by atoms with Crippen molar-refractivity contribution >= 4 is 23.3 Å². The van der Waals surface area contributed by atoms with Crippen LogP contribution in [0, 0.1) is 5.92 Å². The first-order valence-electron chi connectivity index (χ1n) is 7.23. The molecular formula is C16H19NO4. The maximum Gasteiger partial charge on any atom is 0.326 e. The quantitative estimate of drug-likeness (QED) is 0.615. The van der Waals surface area contributed by atoms with Gasteiger partial charge in [-0.3, -0.25) is 14.4 Å². The van der Waals surface area contributed by atoms with Crippen molar-refractivity contribution in [2.24, 2.45) is 5.92 Å². The number of carbonyl (C=O) groups is 3. The molecule has 0 radical (unpaired) electrons. The van der Waals surface area contributed by atoms with Gasteiger partial charge in [0.05, 0.1) is 12.3 Å². The van der Waals surface area contributed by atoms with Crippen molar-refractivity contribution < 1.29 is 19.1 Å². The van der Waals surface area contributed by atoms with Crippen LogP contribution in [0.1, 0.15) is 37.0 Å². The van der Waals surface area contributed by atoms with Crippen LogP contribution in [0.4, 0.5) is 5.69 Å². The van der Waals surface area contributed by atoms with Gasteiger partial charge >= 0.3 is 5.97 Å². The van der Waals surface area contributed by atoms with Gasteiger partial charge in [-0.05, 0) is 25.5 Å². The van der Waals surface area contributed by atoms with Gasteiger partial charge < -0.3 is 9.64 Å². The lowest BCUT2D eigenvalue weighted by Gasteiger charge is -2.32. The molecule has 1 aliphatic rings. The molecule has 0 N–H and O–H groups in total. The monoisotopic (exact) mass is 289 g/mol. The number of amides is 1. The van der Waals surface area contributed by atoms with Gasteiger partial charge in [-0.2, -0.15) is 0 Å². The fourth-order valence-electron chi connectivity index (χ4n) is 2.44. The molecule has 112 valence electrons. The number of para-hydroxylation sites is 1. The Morgan fingerprint density at radius 1 is 1.24 bits per heavy atom. The molecular weight excluding hydrogens is 270 g/mol. The third kappa shape index (κ3) is 2.82. The molecule has 21 heavy (non-hydrogen) atoms. The minimum atomic E-state index is -1.36. The highest BCUT2D eigenvalue weighted by atomic mass is 16.5. The summed E-state index contributed by atoms with van der Waals surface area (Å²) in [6.07, 6.45) is 1.73. The minimum absolute atomic E-state index is 0.145. The van der Waals surface area contributed by atoms with E-state index in [1.54, 1.807) is 31.2 Å². The predicted octanol–water partition coefficient (Wildman–Crippen LogP) is 2.20. The van der Waals surface area contributed by atoms with Gasteiger partial charge in [0.2, 0.25) is 5.91 Å². The summed E-state index contributed by atoms with van der Waals surface area (Å²) in [5.41, 5.74) is 0.993. The van der Waals surface area contributed by atoms with Crippen molar-refractivity contribution in [3.8, 4) is 0 Å². The molecule has 0 saturated heterocycles. The lowest BCUT2D eigenvalue weighted by molar-refractivity contribution is -0.149. The Morgan fingerprint density at radius 3 is 2.62 bits per heavy atom. The third-order valence-corrected chi connectivity index (χ3v) is 3.49. The molecule has 1 heterocycles. The van der Waals surface area contributed by atoms with E-state index in [4.69, 9.17) is 4.74 Å². The van der Waals surface area contributed by atoms with Crippen LogP contribution < -0.4 is 4.90 Å². The summed E-state index contributed by atoms with van der Waals surface area (Å²) < 4.78 is 4.88. The summed E-state index contributed by atoms with van der Waals surface area (Å²) in [5, 5.41) is 0. The van der Waals surface area contributed by atoms with Crippen LogP contribution in [0.15, 0.2) is 24.3 Å². The second kappa shape index (κ2) is 6.52. The van der Waals surface area contributed by atoms with E-state index >= 15 is 0 Å². The van der Waals surface area contributed by atoms with E-state index in [1.165, 1.54) is 4.90 Å². The second-order valence-corrected chi connectivity index (χ2v) is 4.91. The molecule has 0 spiro atoms. The van der Waals surface area contributed by atoms with Crippen LogP contribution in [0.5, 0.6) is 0 Å². The lowest BCUT2D eigenvalue weighted by Crippen LogP contribution is -2.48. The Morgan fingerprint density at radius 2 is 1.95 bits per heavy atom. The van der Waals surface area contributed by atoms with E-state index in [1.807, 2.05) is 6.92 Å². The zero-order valence-electron chi connectivity index (χ0n) is 12.3. The summed E-state index contributed by atoms with van der Waals surface area (Å²) in [4.78, 5) is 38.4. The van der Waals surface area contributed by atoms with Gasteiger partial charge in [-0.25, -0.2) is 0 Å². The Kier molecular flexibility index (Phi) is 4.73. The number of ketones is 1. The molecule has 2 rings (SSSR count). The van der Waals surface area contributed by atoms with E-state index in [0.29, 0.717) is 17.8 Å². The molecule has 0 saturated carbocycles. The summed E-state index contributed by atoms with van der Waals surface area (Å²) in [7, 11) is 0. The molecule has 1 atom stereocenters. The number of anilines is 1. The van der Waals surface area contributed by atoms with Crippen LogP contribution in [0.2, 0.25) is 0 Å². The van der Waals surface area contributed by atoms with Crippen LogP contribution in [0.25, 0.3) is 0 Å². The molecule has 1 aromatic carbocycles. The second-order valence-electron chi connectivity index (χ2n) is 4.91. The Labute approximate surface area is 123 Å². The molecule has 0 aliphatic carbocycles. The van der Waals surface area contributed by atoms with Gasteiger partial charge in [0.25, 0.3) is 0 Å². The average molecular weight is 289 g/mol. The normalized spacial score (nSPS) is 17.6. The predicted molar refractivity (Wildman–Crippen MR) is 78.2 cm³/mol. The van der Waals surface area contributed by atoms with Crippen molar-refractivity contribution in [3.63, 3.8) is 0 Å². The first-order chi connectivity index (χ1) is 10.1. The fourth-order valence-corrected chi connectivity index (χ4v) is 2.44. The zero-order chi connectivity index (χ0) is 15.4. The van der Waals surface area contributed by atoms with Crippen molar-refractivity contribution in [1.82, 2.24) is 0 Å². The Bertz CT molecular complexity index is 567. The number of benzene rings is 1. The number of esters is 1. The molecule has 1 aliphatic heterocycles. The largest absolute Gasteiger partial charge is 0.465 e. The number of rotatable bonds is 5. The van der Waals surface area contributed by atoms with Crippen LogP contribution >= 0.6 is 0 Å². The van der Waals surface area contributed by atoms with Crippen molar-refractivity contribution in [1.29, 1.82) is 0 Å². The molecule has 1 unspecified atom stereocenters. The highest BCUT2D eigenvalue weighted by molar-refractivity contribution is 6.30. The molecule has 5 nitrogen and oxygen atoms in total. The Hall–Kier alpha value is -2.17. The molecule has 1 amide bonds. The number of hydrogen-bond donors (Lipinski definition) is 0. The van der Waals surface area contributed by atoms with E-state index in [9.17, 15) is 14.4 Å². The number of fused-ring (bicyclic) bond motifs is 1. The van der Waals surface area contributed by atoms with Gasteiger partial charge in [-0.1, -0.05) is 25.5 Å². The number of carbonyl (C=O) groups excluding carboxylic acids is 3. The number of ether oxygens (including phenoxy) is 1. The standard InChI is InChI=1S/C16H19NO4/c1-3-5-10-17-12-9-7-6-8-11(12)14(18)13(15(17)19)16(20)21-4-2/h6-9,13H,3-5,10H2,1-2H3. The number of hydrogen-bond acceptors (Lipinski definition) is 4. The van der Waals surface area contributed by atoms with Crippen molar-refractivity contribution in [2.45, 2.75) is 26.7 Å². The summed E-state index contributed by atoms with van der Waals surface area (Å²) >= 11 is 0. The number of Topliss-reactive ketones (excluding diaryl/α,β-unsaturated/α-hetero) is 1. The van der Waals surface area contributed by atoms with Gasteiger partial charge in [0, 0.05) is 12.1 Å². The van der Waals surface area contributed by atoms with Crippen LogP contribution in [0.3, 0.4) is 0 Å². The molecule has 0 fully saturated rings. The van der Waals surface area contributed by atoms with E-state index in [0.717, 1.165) is 12.8 Å². The minimum Gasteiger partial charge on any atom is -0.465 e. The first kappa shape index (κ1) is 15.2. The first-order valence-corrected chi connectivity index (χ1v) is 7.23. The summed E-state index contributed by atoms with van der Waals surface area (Å²) in [5.74, 6) is -3.08.